The van der Waals surface area contributed by atoms with E-state index in [9.17, 15) is 4.39 Å². The molecule has 0 unspecified atom stereocenters. The van der Waals surface area contributed by atoms with Gasteiger partial charge in [0.1, 0.15) is 16.8 Å². The van der Waals surface area contributed by atoms with Crippen molar-refractivity contribution in [3.8, 4) is 0 Å². The first kappa shape index (κ1) is 12.2. The fourth-order valence-corrected chi connectivity index (χ4v) is 1.73. The molecule has 17 heavy (non-hydrogen) atoms. The van der Waals surface area contributed by atoms with Gasteiger partial charge in [-0.25, -0.2) is 9.37 Å². The van der Waals surface area contributed by atoms with E-state index in [0.717, 1.165) is 5.82 Å². The zero-order valence-corrected chi connectivity index (χ0v) is 10.6. The Morgan fingerprint density at radius 2 is 2.18 bits per heavy atom. The number of benzene rings is 1. The summed E-state index contributed by atoms with van der Waals surface area (Å²) in [5.41, 5.74) is 0.533. The summed E-state index contributed by atoms with van der Waals surface area (Å²) in [6, 6.07) is 4.16. The van der Waals surface area contributed by atoms with Gasteiger partial charge in [-0.1, -0.05) is 23.2 Å². The molecule has 1 aromatic heterocycles. The van der Waals surface area contributed by atoms with Crippen LogP contribution in [0.1, 0.15) is 5.82 Å². The third-order valence-corrected chi connectivity index (χ3v) is 3.07. The maximum Gasteiger partial charge on any atom is 0.128 e. The average molecular weight is 274 g/mol. The molecule has 1 N–H and O–H groups in total. The van der Waals surface area contributed by atoms with Crippen LogP contribution < -0.4 is 5.32 Å². The lowest BCUT2D eigenvalue weighted by Crippen LogP contribution is -2.06. The van der Waals surface area contributed by atoms with E-state index < -0.39 is 0 Å². The van der Waals surface area contributed by atoms with Gasteiger partial charge in [0.05, 0.1) is 23.5 Å². The van der Waals surface area contributed by atoms with E-state index in [1.807, 2.05) is 0 Å². The zero-order valence-electron chi connectivity index (χ0n) is 9.04. The van der Waals surface area contributed by atoms with Gasteiger partial charge in [-0.05, 0) is 18.2 Å². The molecule has 1 aromatic carbocycles. The minimum atomic E-state index is -0.338. The monoisotopic (exact) mass is 273 g/mol. The second-order valence-corrected chi connectivity index (χ2v) is 4.33. The Labute approximate surface area is 108 Å². The number of nitrogens with one attached hydrogen (secondary N) is 1. The van der Waals surface area contributed by atoms with Crippen LogP contribution in [0.15, 0.2) is 24.4 Å². The van der Waals surface area contributed by atoms with Crippen molar-refractivity contribution < 1.29 is 4.39 Å². The number of aromatic nitrogens is 2. The van der Waals surface area contributed by atoms with Gasteiger partial charge in [-0.2, -0.15) is 0 Å². The van der Waals surface area contributed by atoms with Crippen LogP contribution in [0.4, 0.5) is 10.1 Å². The molecule has 0 aliphatic carbocycles. The first-order chi connectivity index (χ1) is 8.08. The second kappa shape index (κ2) is 4.94. The molecule has 0 bridgehead atoms. The maximum atomic E-state index is 13.0. The lowest BCUT2D eigenvalue weighted by Gasteiger charge is -2.08. The van der Waals surface area contributed by atoms with Crippen LogP contribution >= 0.6 is 23.2 Å². The Balaban J connectivity index is 2.12. The number of hydrogen-bond acceptors (Lipinski definition) is 2. The second-order valence-electron chi connectivity index (χ2n) is 3.53. The topological polar surface area (TPSA) is 29.9 Å². The van der Waals surface area contributed by atoms with Crippen molar-refractivity contribution in [3.05, 3.63) is 46.2 Å². The summed E-state index contributed by atoms with van der Waals surface area (Å²) in [5.74, 6) is 0.408. The molecule has 0 aliphatic heterocycles. The molecule has 2 aromatic rings. The van der Waals surface area contributed by atoms with E-state index in [-0.39, 0.29) is 5.82 Å². The minimum absolute atomic E-state index is 0.338. The predicted octanol–water partition coefficient (Wildman–Crippen LogP) is 3.48. The summed E-state index contributed by atoms with van der Waals surface area (Å²) in [7, 11) is 1.81. The van der Waals surface area contributed by atoms with Crippen molar-refractivity contribution in [1.29, 1.82) is 0 Å². The average Bonchev–Trinajstić information content (AvgIpc) is 2.62. The highest BCUT2D eigenvalue weighted by molar-refractivity contribution is 6.33. The van der Waals surface area contributed by atoms with Crippen LogP contribution in [0.3, 0.4) is 0 Å². The van der Waals surface area contributed by atoms with Crippen molar-refractivity contribution in [2.75, 3.05) is 5.32 Å². The predicted molar refractivity (Wildman–Crippen MR) is 67.0 cm³/mol. The van der Waals surface area contributed by atoms with Crippen molar-refractivity contribution in [2.45, 2.75) is 6.54 Å². The molecule has 0 aliphatic rings. The van der Waals surface area contributed by atoms with Crippen molar-refractivity contribution >= 4 is 28.9 Å². The lowest BCUT2D eigenvalue weighted by atomic mass is 10.3. The number of imidazole rings is 1. The van der Waals surface area contributed by atoms with E-state index in [1.54, 1.807) is 17.8 Å². The largest absolute Gasteiger partial charge is 0.377 e. The van der Waals surface area contributed by atoms with Crippen LogP contribution in [-0.2, 0) is 13.6 Å². The fraction of sp³-hybridized carbons (Fsp3) is 0.182. The van der Waals surface area contributed by atoms with Gasteiger partial charge < -0.3 is 9.88 Å². The van der Waals surface area contributed by atoms with Crippen molar-refractivity contribution in [1.82, 2.24) is 9.55 Å². The van der Waals surface area contributed by atoms with Crippen molar-refractivity contribution in [2.24, 2.45) is 7.05 Å². The molecule has 0 fully saturated rings. The van der Waals surface area contributed by atoms with E-state index in [2.05, 4.69) is 10.3 Å². The normalized spacial score (nSPS) is 10.6. The highest BCUT2D eigenvalue weighted by atomic mass is 35.5. The molecule has 0 radical (unpaired) electrons. The van der Waals surface area contributed by atoms with Crippen LogP contribution in [0.5, 0.6) is 0 Å². The van der Waals surface area contributed by atoms with Gasteiger partial charge in [0.15, 0.2) is 0 Å². The van der Waals surface area contributed by atoms with Crippen molar-refractivity contribution in [3.63, 3.8) is 0 Å². The summed E-state index contributed by atoms with van der Waals surface area (Å²) < 4.78 is 14.8. The quantitative estimate of drug-likeness (QED) is 0.928. The summed E-state index contributed by atoms with van der Waals surface area (Å²) in [5, 5.41) is 4.02. The molecular formula is C11H10Cl2FN3. The Bertz CT molecular complexity index is 540. The molecular weight excluding hydrogens is 264 g/mol. The Morgan fingerprint density at radius 1 is 1.41 bits per heavy atom. The molecule has 3 nitrogen and oxygen atoms in total. The summed E-state index contributed by atoms with van der Waals surface area (Å²) in [6.07, 6.45) is 1.56. The van der Waals surface area contributed by atoms with Gasteiger partial charge in [0, 0.05) is 7.05 Å². The van der Waals surface area contributed by atoms with Gasteiger partial charge in [-0.3, -0.25) is 0 Å². The summed E-state index contributed by atoms with van der Waals surface area (Å²) in [4.78, 5) is 4.11. The lowest BCUT2D eigenvalue weighted by molar-refractivity contribution is 0.628. The minimum Gasteiger partial charge on any atom is -0.377 e. The van der Waals surface area contributed by atoms with E-state index in [1.165, 1.54) is 18.2 Å². The first-order valence-corrected chi connectivity index (χ1v) is 5.68. The van der Waals surface area contributed by atoms with Crippen LogP contribution in [-0.4, -0.2) is 9.55 Å². The van der Waals surface area contributed by atoms with Crippen LogP contribution in [0.2, 0.25) is 10.2 Å². The summed E-state index contributed by atoms with van der Waals surface area (Å²) in [6.45, 7) is 0.423. The molecule has 0 atom stereocenters. The Morgan fingerprint density at radius 3 is 2.82 bits per heavy atom. The molecule has 90 valence electrons. The Kier molecular flexibility index (Phi) is 3.54. The van der Waals surface area contributed by atoms with Gasteiger partial charge in [0.2, 0.25) is 0 Å². The number of rotatable bonds is 3. The van der Waals surface area contributed by atoms with Crippen LogP contribution in [0.25, 0.3) is 0 Å². The summed E-state index contributed by atoms with van der Waals surface area (Å²) >= 11 is 11.8. The Hall–Kier alpha value is -1.26. The van der Waals surface area contributed by atoms with Crippen LogP contribution in [0, 0.1) is 5.82 Å². The van der Waals surface area contributed by atoms with Gasteiger partial charge >= 0.3 is 0 Å². The molecule has 2 rings (SSSR count). The van der Waals surface area contributed by atoms with E-state index in [4.69, 9.17) is 23.2 Å². The molecule has 0 spiro atoms. The third kappa shape index (κ3) is 2.70. The number of anilines is 1. The first-order valence-electron chi connectivity index (χ1n) is 4.93. The molecule has 0 amide bonds. The molecule has 6 heteroatoms. The van der Waals surface area contributed by atoms with E-state index >= 15 is 0 Å². The molecule has 0 saturated heterocycles. The fourth-order valence-electron chi connectivity index (χ4n) is 1.40. The van der Waals surface area contributed by atoms with E-state index in [0.29, 0.717) is 22.4 Å². The highest BCUT2D eigenvalue weighted by Gasteiger charge is 2.06. The molecule has 0 saturated carbocycles. The molecule has 1 heterocycles. The zero-order chi connectivity index (χ0) is 12.4. The number of hydrogen-bond donors (Lipinski definition) is 1. The number of halogens is 3. The van der Waals surface area contributed by atoms with Gasteiger partial charge in [0.25, 0.3) is 0 Å². The standard InChI is InChI=1S/C11H10Cl2FN3/c1-17-10(13)5-16-11(17)6-15-9-4-7(14)2-3-8(9)12/h2-5,15H,6H2,1H3. The number of nitrogens with zero attached hydrogens (tertiary/aromatic N) is 2. The van der Waals surface area contributed by atoms with Gasteiger partial charge in [-0.15, -0.1) is 0 Å². The third-order valence-electron chi connectivity index (χ3n) is 2.39. The highest BCUT2D eigenvalue weighted by Crippen LogP contribution is 2.23. The maximum absolute atomic E-state index is 13.0. The smallest absolute Gasteiger partial charge is 0.128 e. The SMILES string of the molecule is Cn1c(Cl)cnc1CNc1cc(F)ccc1Cl.